The van der Waals surface area contributed by atoms with Crippen LogP contribution < -0.4 is 4.90 Å². The number of imidazole rings is 1. The van der Waals surface area contributed by atoms with E-state index in [0.717, 1.165) is 35.6 Å². The monoisotopic (exact) mass is 371 g/mol. The second-order valence-corrected chi connectivity index (χ2v) is 6.19. The van der Waals surface area contributed by atoms with Crippen molar-refractivity contribution in [1.82, 2.24) is 9.55 Å². The first-order valence-electron chi connectivity index (χ1n) is 8.08. The van der Waals surface area contributed by atoms with Gasteiger partial charge in [0.15, 0.2) is 0 Å². The molecule has 0 radical (unpaired) electrons. The van der Waals surface area contributed by atoms with E-state index >= 15 is 0 Å². The Morgan fingerprint density at radius 2 is 2.00 bits per heavy atom. The van der Waals surface area contributed by atoms with Crippen molar-refractivity contribution in [1.29, 1.82) is 0 Å². The van der Waals surface area contributed by atoms with Crippen LogP contribution in [0.25, 0.3) is 11.0 Å². The van der Waals surface area contributed by atoms with Gasteiger partial charge < -0.3 is 14.2 Å². The number of rotatable bonds is 9. The summed E-state index contributed by atoms with van der Waals surface area (Å²) >= 11 is 11.8. The summed E-state index contributed by atoms with van der Waals surface area (Å²) in [5.74, 6) is 1.77. The molecule has 2 aromatic rings. The van der Waals surface area contributed by atoms with Crippen LogP contribution in [0.1, 0.15) is 19.2 Å². The van der Waals surface area contributed by atoms with Crippen LogP contribution in [-0.4, -0.2) is 47.0 Å². The SMILES string of the molecule is CCOC(=O)CCc1nc2cc(N(CCCl)CCCl)ccc2n1C. The van der Waals surface area contributed by atoms with Crippen molar-refractivity contribution in [3.05, 3.63) is 24.0 Å². The standard InChI is InChI=1S/C17H23Cl2N3O2/c1-3-24-17(23)7-6-16-20-14-12-13(4-5-15(14)21(16)2)22(10-8-18)11-9-19/h4-5,12H,3,6-11H2,1-2H3. The fourth-order valence-electron chi connectivity index (χ4n) is 2.68. The van der Waals surface area contributed by atoms with E-state index in [-0.39, 0.29) is 5.97 Å². The molecule has 1 aromatic heterocycles. The predicted octanol–water partition coefficient (Wildman–Crippen LogP) is 3.35. The second-order valence-electron chi connectivity index (χ2n) is 5.43. The first-order valence-corrected chi connectivity index (χ1v) is 9.15. The summed E-state index contributed by atoms with van der Waals surface area (Å²) in [6, 6.07) is 6.14. The van der Waals surface area contributed by atoms with Gasteiger partial charge in [0.25, 0.3) is 0 Å². The molecule has 0 saturated heterocycles. The Hall–Kier alpha value is -1.46. The Morgan fingerprint density at radius 3 is 2.62 bits per heavy atom. The molecule has 0 aliphatic heterocycles. The number of nitrogens with zero attached hydrogens (tertiary/aromatic N) is 3. The third-order valence-corrected chi connectivity index (χ3v) is 4.23. The maximum atomic E-state index is 11.5. The summed E-state index contributed by atoms with van der Waals surface area (Å²) in [6.45, 7) is 3.69. The fraction of sp³-hybridized carbons (Fsp3) is 0.529. The second kappa shape index (κ2) is 9.14. The molecule has 1 heterocycles. The molecular weight excluding hydrogens is 349 g/mol. The third kappa shape index (κ3) is 4.54. The lowest BCUT2D eigenvalue weighted by Crippen LogP contribution is -2.27. The van der Waals surface area contributed by atoms with Gasteiger partial charge in [-0.15, -0.1) is 23.2 Å². The Kier molecular flexibility index (Phi) is 7.18. The number of aromatic nitrogens is 2. The van der Waals surface area contributed by atoms with Gasteiger partial charge in [0, 0.05) is 44.0 Å². The maximum Gasteiger partial charge on any atom is 0.306 e. The van der Waals surface area contributed by atoms with Gasteiger partial charge in [-0.2, -0.15) is 0 Å². The van der Waals surface area contributed by atoms with Crippen LogP contribution in [0.5, 0.6) is 0 Å². The average molecular weight is 372 g/mol. The third-order valence-electron chi connectivity index (χ3n) is 3.89. The summed E-state index contributed by atoms with van der Waals surface area (Å²) in [5, 5.41) is 0. The van der Waals surface area contributed by atoms with Crippen molar-refractivity contribution in [3.63, 3.8) is 0 Å². The molecule has 0 amide bonds. The Labute approximate surface area is 152 Å². The van der Waals surface area contributed by atoms with Crippen LogP contribution in [0.3, 0.4) is 0 Å². The molecule has 5 nitrogen and oxygen atoms in total. The van der Waals surface area contributed by atoms with E-state index in [1.807, 2.05) is 30.7 Å². The quantitative estimate of drug-likeness (QED) is 0.500. The molecule has 0 fully saturated rings. The summed E-state index contributed by atoms with van der Waals surface area (Å²) in [7, 11) is 1.96. The minimum atomic E-state index is -0.194. The molecule has 24 heavy (non-hydrogen) atoms. The molecule has 7 heteroatoms. The first kappa shape index (κ1) is 18.9. The predicted molar refractivity (Wildman–Crippen MR) is 99.3 cm³/mol. The Bertz CT molecular complexity index is 682. The van der Waals surface area contributed by atoms with Crippen molar-refractivity contribution < 1.29 is 9.53 Å². The van der Waals surface area contributed by atoms with E-state index in [2.05, 4.69) is 16.0 Å². The number of carbonyl (C=O) groups excluding carboxylic acids is 1. The van der Waals surface area contributed by atoms with Crippen molar-refractivity contribution in [2.24, 2.45) is 7.05 Å². The van der Waals surface area contributed by atoms with Gasteiger partial charge in [-0.3, -0.25) is 4.79 Å². The van der Waals surface area contributed by atoms with Crippen LogP contribution in [0.2, 0.25) is 0 Å². The zero-order valence-corrected chi connectivity index (χ0v) is 15.6. The number of carbonyl (C=O) groups is 1. The molecule has 0 atom stereocenters. The van der Waals surface area contributed by atoms with E-state index in [9.17, 15) is 4.79 Å². The van der Waals surface area contributed by atoms with Gasteiger partial charge in [0.05, 0.1) is 24.1 Å². The van der Waals surface area contributed by atoms with Gasteiger partial charge in [0.2, 0.25) is 0 Å². The van der Waals surface area contributed by atoms with Crippen LogP contribution in [0.4, 0.5) is 5.69 Å². The molecule has 132 valence electrons. The van der Waals surface area contributed by atoms with Crippen molar-refractivity contribution >= 4 is 45.9 Å². The van der Waals surface area contributed by atoms with Gasteiger partial charge in [-0.1, -0.05) is 0 Å². The molecule has 0 aliphatic carbocycles. The highest BCUT2D eigenvalue weighted by molar-refractivity contribution is 6.18. The van der Waals surface area contributed by atoms with Gasteiger partial charge in [0.1, 0.15) is 5.82 Å². The van der Waals surface area contributed by atoms with E-state index in [4.69, 9.17) is 27.9 Å². The minimum Gasteiger partial charge on any atom is -0.466 e. The van der Waals surface area contributed by atoms with E-state index in [1.54, 1.807) is 0 Å². The normalized spacial score (nSPS) is 11.0. The number of alkyl halides is 2. The highest BCUT2D eigenvalue weighted by Gasteiger charge is 2.13. The minimum absolute atomic E-state index is 0.194. The number of fused-ring (bicyclic) bond motifs is 1. The number of benzene rings is 1. The van der Waals surface area contributed by atoms with Crippen LogP contribution in [0, 0.1) is 0 Å². The molecule has 0 bridgehead atoms. The number of halogens is 2. The number of esters is 1. The molecule has 0 unspecified atom stereocenters. The molecule has 0 saturated carbocycles. The number of hydrogen-bond donors (Lipinski definition) is 0. The number of ether oxygens (including phenoxy) is 1. The highest BCUT2D eigenvalue weighted by atomic mass is 35.5. The van der Waals surface area contributed by atoms with Crippen molar-refractivity contribution in [2.45, 2.75) is 19.8 Å². The molecule has 0 N–H and O–H groups in total. The summed E-state index contributed by atoms with van der Waals surface area (Å²) < 4.78 is 6.99. The Balaban J connectivity index is 2.21. The lowest BCUT2D eigenvalue weighted by Gasteiger charge is -2.22. The summed E-state index contributed by atoms with van der Waals surface area (Å²) in [5.41, 5.74) is 3.00. The summed E-state index contributed by atoms with van der Waals surface area (Å²) in [4.78, 5) is 18.4. The lowest BCUT2D eigenvalue weighted by atomic mass is 10.2. The molecule has 2 rings (SSSR count). The maximum absolute atomic E-state index is 11.5. The van der Waals surface area contributed by atoms with E-state index in [0.29, 0.717) is 31.2 Å². The molecule has 1 aromatic carbocycles. The van der Waals surface area contributed by atoms with E-state index < -0.39 is 0 Å². The average Bonchev–Trinajstić information content (AvgIpc) is 2.88. The number of anilines is 1. The van der Waals surface area contributed by atoms with Crippen LogP contribution in [-0.2, 0) is 23.0 Å². The zero-order chi connectivity index (χ0) is 17.5. The first-order chi connectivity index (χ1) is 11.6. The molecule has 0 spiro atoms. The van der Waals surface area contributed by atoms with E-state index in [1.165, 1.54) is 0 Å². The zero-order valence-electron chi connectivity index (χ0n) is 14.1. The number of aryl methyl sites for hydroxylation is 2. The molecule has 0 aliphatic rings. The smallest absolute Gasteiger partial charge is 0.306 e. The van der Waals surface area contributed by atoms with Gasteiger partial charge >= 0.3 is 5.97 Å². The van der Waals surface area contributed by atoms with Crippen LogP contribution in [0.15, 0.2) is 18.2 Å². The van der Waals surface area contributed by atoms with Crippen molar-refractivity contribution in [3.8, 4) is 0 Å². The highest BCUT2D eigenvalue weighted by Crippen LogP contribution is 2.23. The lowest BCUT2D eigenvalue weighted by molar-refractivity contribution is -0.143. The summed E-state index contributed by atoms with van der Waals surface area (Å²) in [6.07, 6.45) is 0.898. The van der Waals surface area contributed by atoms with Gasteiger partial charge in [-0.05, 0) is 25.1 Å². The molecular formula is C17H23Cl2N3O2. The Morgan fingerprint density at radius 1 is 1.29 bits per heavy atom. The van der Waals surface area contributed by atoms with Crippen molar-refractivity contribution in [2.75, 3.05) is 36.4 Å². The van der Waals surface area contributed by atoms with Crippen LogP contribution >= 0.6 is 23.2 Å². The largest absolute Gasteiger partial charge is 0.466 e. The fourth-order valence-corrected chi connectivity index (χ4v) is 3.09. The number of hydrogen-bond acceptors (Lipinski definition) is 4. The van der Waals surface area contributed by atoms with Gasteiger partial charge in [-0.25, -0.2) is 4.98 Å². The topological polar surface area (TPSA) is 47.4 Å².